The second-order valence-corrected chi connectivity index (χ2v) is 2.80. The van der Waals surface area contributed by atoms with E-state index in [4.69, 9.17) is 15.9 Å². The maximum Gasteiger partial charge on any atom is 0.341 e. The van der Waals surface area contributed by atoms with Crippen LogP contribution in [0.2, 0.25) is 0 Å². The molecule has 0 heterocycles. The van der Waals surface area contributed by atoms with Gasteiger partial charge in [0.05, 0.1) is 7.11 Å². The molecule has 3 N–H and O–H groups in total. The first-order valence-corrected chi connectivity index (χ1v) is 4.28. The van der Waals surface area contributed by atoms with Crippen molar-refractivity contribution >= 4 is 11.8 Å². The Labute approximate surface area is 87.3 Å². The highest BCUT2D eigenvalue weighted by Gasteiger charge is 2.11. The molecule has 1 aromatic rings. The van der Waals surface area contributed by atoms with Gasteiger partial charge in [-0.15, -0.1) is 0 Å². The molecule has 5 nitrogen and oxygen atoms in total. The highest BCUT2D eigenvalue weighted by atomic mass is 16.5. The summed E-state index contributed by atoms with van der Waals surface area (Å²) < 4.78 is 9.75. The van der Waals surface area contributed by atoms with Gasteiger partial charge in [0.2, 0.25) is 0 Å². The van der Waals surface area contributed by atoms with E-state index >= 15 is 0 Å². The van der Waals surface area contributed by atoms with E-state index in [-0.39, 0.29) is 12.4 Å². The van der Waals surface area contributed by atoms with Gasteiger partial charge in [-0.2, -0.15) is 0 Å². The smallest absolute Gasteiger partial charge is 0.341 e. The molecule has 0 saturated carbocycles. The van der Waals surface area contributed by atoms with Gasteiger partial charge in [0.1, 0.15) is 23.8 Å². The summed E-state index contributed by atoms with van der Waals surface area (Å²) in [4.78, 5) is 11.3. The molecule has 1 rings (SSSR count). The summed E-state index contributed by atoms with van der Waals surface area (Å²) in [5.41, 5.74) is 5.46. The van der Waals surface area contributed by atoms with E-state index in [1.807, 2.05) is 0 Å². The number of nitrogens with one attached hydrogen (secondary N) is 1. The molecule has 0 atom stereocenters. The molecule has 5 heteroatoms. The molecule has 0 saturated heterocycles. The number of para-hydroxylation sites is 1. The van der Waals surface area contributed by atoms with Crippen molar-refractivity contribution in [3.05, 3.63) is 29.8 Å². The molecular formula is C10H12N2O3. The molecule has 0 spiro atoms. The van der Waals surface area contributed by atoms with Crippen LogP contribution in [0, 0.1) is 5.41 Å². The number of benzene rings is 1. The summed E-state index contributed by atoms with van der Waals surface area (Å²) in [7, 11) is 1.30. The third kappa shape index (κ3) is 2.98. The predicted molar refractivity (Wildman–Crippen MR) is 55.2 cm³/mol. The second kappa shape index (κ2) is 4.99. The first-order chi connectivity index (χ1) is 7.15. The maximum atomic E-state index is 11.3. The lowest BCUT2D eigenvalue weighted by molar-refractivity contribution is 0.0596. The molecule has 0 fully saturated rings. The Balaban J connectivity index is 2.86. The Morgan fingerprint density at radius 3 is 2.73 bits per heavy atom. The molecule has 0 amide bonds. The van der Waals surface area contributed by atoms with Crippen LogP contribution >= 0.6 is 0 Å². The lowest BCUT2D eigenvalue weighted by Gasteiger charge is -2.08. The number of ether oxygens (including phenoxy) is 2. The van der Waals surface area contributed by atoms with Gasteiger partial charge in [0.15, 0.2) is 0 Å². The highest BCUT2D eigenvalue weighted by Crippen LogP contribution is 2.18. The number of amidine groups is 1. The van der Waals surface area contributed by atoms with Crippen LogP contribution in [-0.4, -0.2) is 25.5 Å². The van der Waals surface area contributed by atoms with Crippen LogP contribution in [0.1, 0.15) is 10.4 Å². The predicted octanol–water partition coefficient (Wildman–Crippen LogP) is 0.788. The van der Waals surface area contributed by atoms with Crippen molar-refractivity contribution in [3.8, 4) is 5.75 Å². The Morgan fingerprint density at radius 2 is 2.13 bits per heavy atom. The molecular weight excluding hydrogens is 196 g/mol. The fourth-order valence-electron chi connectivity index (χ4n) is 1.03. The van der Waals surface area contributed by atoms with Crippen molar-refractivity contribution in [1.82, 2.24) is 0 Å². The van der Waals surface area contributed by atoms with E-state index in [9.17, 15) is 4.79 Å². The van der Waals surface area contributed by atoms with Crippen molar-refractivity contribution in [3.63, 3.8) is 0 Å². The monoisotopic (exact) mass is 208 g/mol. The molecule has 0 aromatic heterocycles. The van der Waals surface area contributed by atoms with Gasteiger partial charge in [0.25, 0.3) is 0 Å². The average molecular weight is 208 g/mol. The largest absolute Gasteiger partial charge is 0.485 e. The minimum Gasteiger partial charge on any atom is -0.485 e. The van der Waals surface area contributed by atoms with Gasteiger partial charge in [-0.3, -0.25) is 5.41 Å². The van der Waals surface area contributed by atoms with Crippen LogP contribution in [0.15, 0.2) is 24.3 Å². The minimum absolute atomic E-state index is 0.0476. The molecule has 0 aliphatic rings. The molecule has 1 aromatic carbocycles. The van der Waals surface area contributed by atoms with Gasteiger partial charge in [0, 0.05) is 0 Å². The summed E-state index contributed by atoms with van der Waals surface area (Å²) in [6.45, 7) is -0.0476. The standard InChI is InChI=1S/C10H12N2O3/c1-14-10(13)7-4-2-3-5-8(7)15-6-9(11)12/h2-5H,6H2,1H3,(H3,11,12). The zero-order chi connectivity index (χ0) is 11.3. The molecule has 0 bridgehead atoms. The van der Waals surface area contributed by atoms with Crippen LogP contribution in [0.25, 0.3) is 0 Å². The number of carbonyl (C=O) groups is 1. The van der Waals surface area contributed by atoms with E-state index in [1.165, 1.54) is 7.11 Å². The third-order valence-electron chi connectivity index (χ3n) is 1.68. The molecule has 15 heavy (non-hydrogen) atoms. The zero-order valence-corrected chi connectivity index (χ0v) is 8.32. The Kier molecular flexibility index (Phi) is 3.68. The SMILES string of the molecule is COC(=O)c1ccccc1OCC(=N)N. The zero-order valence-electron chi connectivity index (χ0n) is 8.32. The fraction of sp³-hybridized carbons (Fsp3) is 0.200. The van der Waals surface area contributed by atoms with Crippen molar-refractivity contribution in [2.45, 2.75) is 0 Å². The maximum absolute atomic E-state index is 11.3. The number of esters is 1. The molecule has 0 radical (unpaired) electrons. The topological polar surface area (TPSA) is 85.4 Å². The van der Waals surface area contributed by atoms with Gasteiger partial charge in [-0.05, 0) is 12.1 Å². The quantitative estimate of drug-likeness (QED) is 0.435. The van der Waals surface area contributed by atoms with Crippen molar-refractivity contribution in [2.75, 3.05) is 13.7 Å². The van der Waals surface area contributed by atoms with Crippen LogP contribution in [0.3, 0.4) is 0 Å². The number of hydrogen-bond acceptors (Lipinski definition) is 4. The van der Waals surface area contributed by atoms with Crippen LogP contribution < -0.4 is 10.5 Å². The summed E-state index contributed by atoms with van der Waals surface area (Å²) in [6, 6.07) is 6.63. The minimum atomic E-state index is -0.478. The van der Waals surface area contributed by atoms with Crippen LogP contribution in [-0.2, 0) is 4.74 Å². The Morgan fingerprint density at radius 1 is 1.47 bits per heavy atom. The second-order valence-electron chi connectivity index (χ2n) is 2.80. The van der Waals surface area contributed by atoms with Gasteiger partial charge in [-0.1, -0.05) is 12.1 Å². The third-order valence-corrected chi connectivity index (χ3v) is 1.68. The first kappa shape index (κ1) is 11.0. The molecule has 0 aliphatic carbocycles. The lowest BCUT2D eigenvalue weighted by Crippen LogP contribution is -2.20. The van der Waals surface area contributed by atoms with Gasteiger partial charge in [-0.25, -0.2) is 4.79 Å². The average Bonchev–Trinajstić information content (AvgIpc) is 2.25. The number of nitrogens with two attached hydrogens (primary N) is 1. The summed E-state index contributed by atoms with van der Waals surface area (Å²) in [5.74, 6) is -0.219. The van der Waals surface area contributed by atoms with Crippen molar-refractivity contribution in [1.29, 1.82) is 5.41 Å². The Bertz CT molecular complexity index is 377. The van der Waals surface area contributed by atoms with E-state index in [0.717, 1.165) is 0 Å². The van der Waals surface area contributed by atoms with Crippen molar-refractivity contribution in [2.24, 2.45) is 5.73 Å². The Hall–Kier alpha value is -2.04. The van der Waals surface area contributed by atoms with Gasteiger partial charge >= 0.3 is 5.97 Å². The molecule has 0 unspecified atom stereocenters. The summed E-state index contributed by atoms with van der Waals surface area (Å²) in [5, 5.41) is 7.00. The first-order valence-electron chi connectivity index (χ1n) is 4.28. The van der Waals surface area contributed by atoms with Crippen molar-refractivity contribution < 1.29 is 14.3 Å². The normalized spacial score (nSPS) is 9.40. The summed E-state index contributed by atoms with van der Waals surface area (Å²) >= 11 is 0. The van der Waals surface area contributed by atoms with E-state index < -0.39 is 5.97 Å². The fourth-order valence-corrected chi connectivity index (χ4v) is 1.03. The summed E-state index contributed by atoms with van der Waals surface area (Å²) in [6.07, 6.45) is 0. The molecule has 80 valence electrons. The van der Waals surface area contributed by atoms with E-state index in [1.54, 1.807) is 24.3 Å². The van der Waals surface area contributed by atoms with E-state index in [0.29, 0.717) is 11.3 Å². The number of methoxy groups -OCH3 is 1. The number of hydrogen-bond donors (Lipinski definition) is 2. The van der Waals surface area contributed by atoms with Crippen LogP contribution in [0.4, 0.5) is 0 Å². The highest BCUT2D eigenvalue weighted by molar-refractivity contribution is 5.92. The lowest BCUT2D eigenvalue weighted by atomic mass is 10.2. The van der Waals surface area contributed by atoms with Crippen LogP contribution in [0.5, 0.6) is 5.75 Å². The molecule has 0 aliphatic heterocycles. The number of carbonyl (C=O) groups excluding carboxylic acids is 1. The van der Waals surface area contributed by atoms with Gasteiger partial charge < -0.3 is 15.2 Å². The van der Waals surface area contributed by atoms with E-state index in [2.05, 4.69) is 4.74 Å². The number of rotatable bonds is 4.